The number of ether oxygens (including phenoxy) is 3. The number of hydrogen-bond acceptors (Lipinski definition) is 7. The summed E-state index contributed by atoms with van der Waals surface area (Å²) in [5, 5.41) is 0. The maximum atomic E-state index is 5.63. The molecule has 7 nitrogen and oxygen atoms in total. The van der Waals surface area contributed by atoms with Gasteiger partial charge in [0.25, 0.3) is 0 Å². The lowest BCUT2D eigenvalue weighted by molar-refractivity contribution is 0.101. The molecule has 0 atom stereocenters. The molecule has 0 bridgehead atoms. The highest BCUT2D eigenvalue weighted by Gasteiger charge is 2.13. The zero-order valence-electron chi connectivity index (χ0n) is 11.6. The van der Waals surface area contributed by atoms with Gasteiger partial charge in [-0.2, -0.15) is 0 Å². The minimum absolute atomic E-state index is 0.269. The first-order chi connectivity index (χ1) is 10.2. The molecule has 1 aromatic heterocycles. The Morgan fingerprint density at radius 2 is 2.05 bits per heavy atom. The smallest absolute Gasteiger partial charge is 0.231 e. The van der Waals surface area contributed by atoms with Gasteiger partial charge in [0.15, 0.2) is 17.3 Å². The van der Waals surface area contributed by atoms with Crippen LogP contribution in [0.3, 0.4) is 0 Å². The molecule has 110 valence electrons. The number of hydrogen-bond donors (Lipinski definition) is 2. The number of aryl methyl sites for hydroxylation is 1. The van der Waals surface area contributed by atoms with Crippen molar-refractivity contribution in [3.63, 3.8) is 0 Å². The molecule has 7 heteroatoms. The summed E-state index contributed by atoms with van der Waals surface area (Å²) >= 11 is 0. The first kappa shape index (κ1) is 13.6. The zero-order chi connectivity index (χ0) is 14.7. The number of benzene rings is 1. The van der Waals surface area contributed by atoms with Crippen molar-refractivity contribution in [2.24, 2.45) is 5.84 Å². The summed E-state index contributed by atoms with van der Waals surface area (Å²) in [5.74, 6) is 8.02. The van der Waals surface area contributed by atoms with Gasteiger partial charge in [-0.3, -0.25) is 0 Å². The van der Waals surface area contributed by atoms with Crippen LogP contribution in [-0.4, -0.2) is 16.8 Å². The van der Waals surface area contributed by atoms with Crippen LogP contribution in [0.15, 0.2) is 24.3 Å². The van der Waals surface area contributed by atoms with Crippen molar-refractivity contribution in [1.82, 2.24) is 9.97 Å². The lowest BCUT2D eigenvalue weighted by atomic mass is 10.2. The molecule has 0 radical (unpaired) electrons. The Labute approximate surface area is 122 Å². The predicted octanol–water partition coefficient (Wildman–Crippen LogP) is 1.52. The summed E-state index contributed by atoms with van der Waals surface area (Å²) in [6, 6.07) is 7.49. The van der Waals surface area contributed by atoms with Gasteiger partial charge in [0.1, 0.15) is 12.4 Å². The van der Waals surface area contributed by atoms with Crippen molar-refractivity contribution < 1.29 is 14.2 Å². The second-order valence-corrected chi connectivity index (χ2v) is 4.64. The maximum Gasteiger partial charge on any atom is 0.231 e. The molecular formula is C14H16N4O3. The Balaban J connectivity index is 1.60. The summed E-state index contributed by atoms with van der Waals surface area (Å²) in [5.41, 5.74) is 4.34. The van der Waals surface area contributed by atoms with Crippen molar-refractivity contribution in [2.75, 3.05) is 12.2 Å². The van der Waals surface area contributed by atoms with Crippen LogP contribution in [0, 0.1) is 6.92 Å². The SMILES string of the molecule is Cc1cc(NN)nc(COCc2ccc3c(c2)OCO3)n1. The minimum atomic E-state index is 0.269. The molecule has 0 aliphatic carbocycles. The molecule has 0 fully saturated rings. The van der Waals surface area contributed by atoms with Crippen LogP contribution >= 0.6 is 0 Å². The van der Waals surface area contributed by atoms with Gasteiger partial charge in [0.05, 0.1) is 6.61 Å². The van der Waals surface area contributed by atoms with Gasteiger partial charge in [0, 0.05) is 11.8 Å². The Morgan fingerprint density at radius 1 is 1.19 bits per heavy atom. The topological polar surface area (TPSA) is 91.5 Å². The van der Waals surface area contributed by atoms with E-state index in [1.807, 2.05) is 25.1 Å². The summed E-state index contributed by atoms with van der Waals surface area (Å²) in [6.07, 6.45) is 0. The van der Waals surface area contributed by atoms with Crippen molar-refractivity contribution in [2.45, 2.75) is 20.1 Å². The molecule has 1 aliphatic heterocycles. The number of nitrogens with zero attached hydrogens (tertiary/aromatic N) is 2. The van der Waals surface area contributed by atoms with Gasteiger partial charge in [-0.1, -0.05) is 6.07 Å². The lowest BCUT2D eigenvalue weighted by Crippen LogP contribution is -2.11. The lowest BCUT2D eigenvalue weighted by Gasteiger charge is -2.07. The van der Waals surface area contributed by atoms with E-state index in [9.17, 15) is 0 Å². The Bertz CT molecular complexity index is 648. The number of rotatable bonds is 5. The van der Waals surface area contributed by atoms with Crippen LogP contribution < -0.4 is 20.7 Å². The third-order valence-electron chi connectivity index (χ3n) is 2.99. The third-order valence-corrected chi connectivity index (χ3v) is 2.99. The van der Waals surface area contributed by atoms with Crippen molar-refractivity contribution in [3.8, 4) is 11.5 Å². The van der Waals surface area contributed by atoms with Gasteiger partial charge in [-0.15, -0.1) is 0 Å². The van der Waals surface area contributed by atoms with E-state index in [1.54, 1.807) is 6.07 Å². The second kappa shape index (κ2) is 5.94. The molecular weight excluding hydrogens is 272 g/mol. The zero-order valence-corrected chi connectivity index (χ0v) is 11.6. The highest BCUT2D eigenvalue weighted by Crippen LogP contribution is 2.32. The Hall–Kier alpha value is -2.38. The molecule has 1 aliphatic rings. The molecule has 0 saturated carbocycles. The van der Waals surface area contributed by atoms with E-state index in [0.717, 1.165) is 22.8 Å². The molecule has 0 saturated heterocycles. The summed E-state index contributed by atoms with van der Waals surface area (Å²) < 4.78 is 16.2. The molecule has 0 spiro atoms. The van der Waals surface area contributed by atoms with Gasteiger partial charge in [-0.05, 0) is 24.6 Å². The second-order valence-electron chi connectivity index (χ2n) is 4.64. The number of hydrazine groups is 1. The van der Waals surface area contributed by atoms with E-state index >= 15 is 0 Å². The van der Waals surface area contributed by atoms with Crippen LogP contribution in [-0.2, 0) is 18.0 Å². The van der Waals surface area contributed by atoms with E-state index in [-0.39, 0.29) is 6.79 Å². The van der Waals surface area contributed by atoms with Crippen LogP contribution in [0.2, 0.25) is 0 Å². The molecule has 21 heavy (non-hydrogen) atoms. The van der Waals surface area contributed by atoms with Crippen LogP contribution in [0.25, 0.3) is 0 Å². The van der Waals surface area contributed by atoms with Crippen LogP contribution in [0.1, 0.15) is 17.1 Å². The van der Waals surface area contributed by atoms with E-state index in [2.05, 4.69) is 15.4 Å². The maximum absolute atomic E-state index is 5.63. The fourth-order valence-corrected chi connectivity index (χ4v) is 2.06. The number of nitrogens with one attached hydrogen (secondary N) is 1. The Kier molecular flexibility index (Phi) is 3.85. The fraction of sp³-hybridized carbons (Fsp3) is 0.286. The molecule has 0 amide bonds. The van der Waals surface area contributed by atoms with E-state index in [4.69, 9.17) is 20.1 Å². The monoisotopic (exact) mass is 288 g/mol. The van der Waals surface area contributed by atoms with Gasteiger partial charge >= 0.3 is 0 Å². The van der Waals surface area contributed by atoms with Crippen LogP contribution in [0.4, 0.5) is 5.82 Å². The predicted molar refractivity (Wildman–Crippen MR) is 75.6 cm³/mol. The van der Waals surface area contributed by atoms with Gasteiger partial charge < -0.3 is 19.6 Å². The van der Waals surface area contributed by atoms with Crippen molar-refractivity contribution in [1.29, 1.82) is 0 Å². The van der Waals surface area contributed by atoms with Gasteiger partial charge in [-0.25, -0.2) is 15.8 Å². The largest absolute Gasteiger partial charge is 0.454 e. The quantitative estimate of drug-likeness (QED) is 0.636. The third kappa shape index (κ3) is 3.21. The first-order valence-corrected chi connectivity index (χ1v) is 6.52. The molecule has 3 rings (SSSR count). The average Bonchev–Trinajstić information content (AvgIpc) is 2.94. The van der Waals surface area contributed by atoms with Gasteiger partial charge in [0.2, 0.25) is 6.79 Å². The van der Waals surface area contributed by atoms with Crippen molar-refractivity contribution >= 4 is 5.82 Å². The normalized spacial score (nSPS) is 12.5. The number of nitrogen functional groups attached to an aromatic ring is 1. The highest BCUT2D eigenvalue weighted by molar-refractivity contribution is 5.44. The van der Waals surface area contributed by atoms with E-state index in [0.29, 0.717) is 24.9 Å². The van der Waals surface area contributed by atoms with E-state index < -0.39 is 0 Å². The summed E-state index contributed by atoms with van der Waals surface area (Å²) in [6.45, 7) is 2.90. The van der Waals surface area contributed by atoms with Crippen molar-refractivity contribution in [3.05, 3.63) is 41.3 Å². The number of fused-ring (bicyclic) bond motifs is 1. The van der Waals surface area contributed by atoms with E-state index in [1.165, 1.54) is 0 Å². The first-order valence-electron chi connectivity index (χ1n) is 6.52. The molecule has 0 unspecified atom stereocenters. The fourth-order valence-electron chi connectivity index (χ4n) is 2.06. The Morgan fingerprint density at radius 3 is 2.90 bits per heavy atom. The molecule has 1 aromatic carbocycles. The number of anilines is 1. The molecule has 3 N–H and O–H groups in total. The number of nitrogens with two attached hydrogens (primary N) is 1. The highest BCUT2D eigenvalue weighted by atomic mass is 16.7. The summed E-state index contributed by atoms with van der Waals surface area (Å²) in [4.78, 5) is 8.52. The number of aromatic nitrogens is 2. The summed E-state index contributed by atoms with van der Waals surface area (Å²) in [7, 11) is 0. The van der Waals surface area contributed by atoms with Crippen LogP contribution in [0.5, 0.6) is 11.5 Å². The standard InChI is InChI=1S/C14H16N4O3/c1-9-4-13(18-15)17-14(16-9)7-19-6-10-2-3-11-12(5-10)21-8-20-11/h2-5H,6-8,15H2,1H3,(H,16,17,18). The molecule has 2 heterocycles. The molecule has 2 aromatic rings. The minimum Gasteiger partial charge on any atom is -0.454 e. The average molecular weight is 288 g/mol.